The molecule has 0 aliphatic rings. The molecule has 0 aliphatic carbocycles. The number of hydrogen-bond donors (Lipinski definition) is 0. The molecule has 0 amide bonds. The van der Waals surface area contributed by atoms with Crippen molar-refractivity contribution in [2.75, 3.05) is 12.4 Å². The Morgan fingerprint density at radius 2 is 1.81 bits per heavy atom. The van der Waals surface area contributed by atoms with Crippen molar-refractivity contribution in [1.82, 2.24) is 29.9 Å². The maximum atomic E-state index is 5.62. The van der Waals surface area contributed by atoms with Gasteiger partial charge in [0.2, 0.25) is 11.7 Å². The van der Waals surface area contributed by atoms with Crippen LogP contribution < -0.4 is 4.74 Å². The number of benzene rings is 2. The molecule has 0 saturated heterocycles. The van der Waals surface area contributed by atoms with E-state index in [1.807, 2.05) is 49.4 Å². The zero-order valence-electron chi connectivity index (χ0n) is 20.2. The van der Waals surface area contributed by atoms with Gasteiger partial charge in [-0.15, -0.1) is 10.2 Å². The quantitative estimate of drug-likeness (QED) is 0.176. The van der Waals surface area contributed by atoms with Crippen molar-refractivity contribution in [3.05, 3.63) is 84.5 Å². The molecule has 182 valence electrons. The molecule has 0 N–H and O–H groups in total. The minimum Gasteiger partial charge on any atom is -0.494 e. The highest BCUT2D eigenvalue weighted by molar-refractivity contribution is 7.99. The van der Waals surface area contributed by atoms with Gasteiger partial charge in [-0.1, -0.05) is 40.7 Å². The molecule has 8 nitrogen and oxygen atoms in total. The number of hydrogen-bond acceptors (Lipinski definition) is 8. The van der Waals surface area contributed by atoms with Crippen LogP contribution in [0.3, 0.4) is 0 Å². The van der Waals surface area contributed by atoms with Crippen LogP contribution in [0, 0.1) is 6.92 Å². The van der Waals surface area contributed by atoms with Gasteiger partial charge in [0.05, 0.1) is 6.61 Å². The molecular weight excluding hydrogens is 472 g/mol. The number of ether oxygens (including phenoxy) is 1. The molecule has 0 unspecified atom stereocenters. The fraction of sp³-hybridized carbons (Fsp3) is 0.222. The number of rotatable bonds is 10. The average molecular weight is 499 g/mol. The van der Waals surface area contributed by atoms with Crippen LogP contribution in [0.1, 0.15) is 24.8 Å². The van der Waals surface area contributed by atoms with Gasteiger partial charge in [0.15, 0.2) is 11.0 Å². The Bertz CT molecular complexity index is 1420. The Morgan fingerprint density at radius 1 is 0.972 bits per heavy atom. The summed E-state index contributed by atoms with van der Waals surface area (Å²) in [5.74, 6) is 3.68. The predicted octanol–water partition coefficient (Wildman–Crippen LogP) is 5.81. The summed E-state index contributed by atoms with van der Waals surface area (Å²) in [7, 11) is 0. The van der Waals surface area contributed by atoms with Crippen LogP contribution in [0.15, 0.2) is 82.7 Å². The maximum Gasteiger partial charge on any atom is 0.226 e. The minimum atomic E-state index is 0.582. The minimum absolute atomic E-state index is 0.582. The Labute approximate surface area is 213 Å². The van der Waals surface area contributed by atoms with Crippen LogP contribution in [-0.2, 0) is 6.42 Å². The first-order valence-electron chi connectivity index (χ1n) is 11.8. The first-order chi connectivity index (χ1) is 17.7. The molecule has 9 heteroatoms. The lowest BCUT2D eigenvalue weighted by atomic mass is 10.1. The van der Waals surface area contributed by atoms with E-state index in [1.54, 1.807) is 24.2 Å². The third kappa shape index (κ3) is 5.46. The number of aryl methyl sites for hydroxylation is 2. The second-order valence-electron chi connectivity index (χ2n) is 8.14. The lowest BCUT2D eigenvalue weighted by Gasteiger charge is -2.12. The van der Waals surface area contributed by atoms with Crippen LogP contribution >= 0.6 is 11.8 Å². The SMILES string of the molecule is CCOc1ccc(-n2c(SCCCc3nc(-c4ccncc4)no3)nnc2-c2cccc(C)c2)cc1. The summed E-state index contributed by atoms with van der Waals surface area (Å²) in [6, 6.07) is 20.1. The number of thioether (sulfide) groups is 1. The Morgan fingerprint density at radius 3 is 2.58 bits per heavy atom. The van der Waals surface area contributed by atoms with Crippen molar-refractivity contribution in [2.24, 2.45) is 0 Å². The Hall–Kier alpha value is -3.98. The van der Waals surface area contributed by atoms with E-state index >= 15 is 0 Å². The van der Waals surface area contributed by atoms with E-state index in [1.165, 1.54) is 5.56 Å². The number of pyridine rings is 1. The third-order valence-electron chi connectivity index (χ3n) is 5.49. The maximum absolute atomic E-state index is 5.62. The summed E-state index contributed by atoms with van der Waals surface area (Å²) >= 11 is 1.66. The summed E-state index contributed by atoms with van der Waals surface area (Å²) in [4.78, 5) is 8.53. The molecule has 5 aromatic rings. The molecule has 0 bridgehead atoms. The third-order valence-corrected chi connectivity index (χ3v) is 6.50. The van der Waals surface area contributed by atoms with Gasteiger partial charge in [0.1, 0.15) is 5.75 Å². The van der Waals surface area contributed by atoms with Gasteiger partial charge in [-0.3, -0.25) is 9.55 Å². The van der Waals surface area contributed by atoms with E-state index in [4.69, 9.17) is 9.26 Å². The highest BCUT2D eigenvalue weighted by atomic mass is 32.2. The van der Waals surface area contributed by atoms with Gasteiger partial charge in [0.25, 0.3) is 0 Å². The fourth-order valence-electron chi connectivity index (χ4n) is 3.79. The molecule has 0 radical (unpaired) electrons. The van der Waals surface area contributed by atoms with E-state index in [0.29, 0.717) is 24.7 Å². The van der Waals surface area contributed by atoms with Crippen molar-refractivity contribution >= 4 is 11.8 Å². The lowest BCUT2D eigenvalue weighted by molar-refractivity contribution is 0.340. The van der Waals surface area contributed by atoms with E-state index in [2.05, 4.69) is 55.0 Å². The van der Waals surface area contributed by atoms with E-state index < -0.39 is 0 Å². The molecule has 3 aromatic heterocycles. The molecular formula is C27H26N6O2S. The monoisotopic (exact) mass is 498 g/mol. The molecule has 5 rings (SSSR count). The molecule has 0 spiro atoms. The largest absolute Gasteiger partial charge is 0.494 e. The second-order valence-corrected chi connectivity index (χ2v) is 9.20. The highest BCUT2D eigenvalue weighted by Gasteiger charge is 2.17. The summed E-state index contributed by atoms with van der Waals surface area (Å²) in [5, 5.41) is 14.0. The molecule has 0 fully saturated rings. The molecule has 36 heavy (non-hydrogen) atoms. The van der Waals surface area contributed by atoms with E-state index in [9.17, 15) is 0 Å². The van der Waals surface area contributed by atoms with Gasteiger partial charge in [-0.05, 0) is 62.7 Å². The van der Waals surface area contributed by atoms with Gasteiger partial charge in [-0.2, -0.15) is 4.98 Å². The molecule has 3 heterocycles. The average Bonchev–Trinajstić information content (AvgIpc) is 3.55. The second kappa shape index (κ2) is 11.2. The van der Waals surface area contributed by atoms with Gasteiger partial charge in [0, 0.05) is 41.4 Å². The highest BCUT2D eigenvalue weighted by Crippen LogP contribution is 2.30. The normalized spacial score (nSPS) is 11.1. The summed E-state index contributed by atoms with van der Waals surface area (Å²) in [6.07, 6.45) is 4.98. The van der Waals surface area contributed by atoms with E-state index in [-0.39, 0.29) is 0 Å². The van der Waals surface area contributed by atoms with Gasteiger partial charge >= 0.3 is 0 Å². The van der Waals surface area contributed by atoms with Crippen LogP contribution in [0.4, 0.5) is 0 Å². The van der Waals surface area contributed by atoms with Crippen molar-refractivity contribution in [3.63, 3.8) is 0 Å². The van der Waals surface area contributed by atoms with Gasteiger partial charge < -0.3 is 9.26 Å². The topological polar surface area (TPSA) is 91.8 Å². The predicted molar refractivity (Wildman–Crippen MR) is 139 cm³/mol. The number of nitrogens with zero attached hydrogens (tertiary/aromatic N) is 6. The first kappa shape index (κ1) is 23.7. The fourth-order valence-corrected chi connectivity index (χ4v) is 4.68. The standard InChI is InChI=1S/C27H26N6O2S/c1-3-34-23-11-9-22(10-12-23)33-26(21-7-4-6-19(2)18-21)30-31-27(33)36-17-5-8-24-29-25(32-35-24)20-13-15-28-16-14-20/h4,6-7,9-16,18H,3,5,8,17H2,1-2H3. The summed E-state index contributed by atoms with van der Waals surface area (Å²) < 4.78 is 13.2. The number of aromatic nitrogens is 6. The summed E-state index contributed by atoms with van der Waals surface area (Å²) in [5.41, 5.74) is 4.08. The van der Waals surface area contributed by atoms with Crippen molar-refractivity contribution in [3.8, 4) is 34.2 Å². The zero-order chi connectivity index (χ0) is 24.7. The van der Waals surface area contributed by atoms with Crippen LogP contribution in [0.25, 0.3) is 28.5 Å². The zero-order valence-corrected chi connectivity index (χ0v) is 21.0. The van der Waals surface area contributed by atoms with Crippen LogP contribution in [-0.4, -0.2) is 42.2 Å². The molecule has 0 aliphatic heterocycles. The van der Waals surface area contributed by atoms with Crippen molar-refractivity contribution in [1.29, 1.82) is 0 Å². The van der Waals surface area contributed by atoms with Crippen molar-refractivity contribution < 1.29 is 9.26 Å². The molecule has 0 saturated carbocycles. The summed E-state index contributed by atoms with van der Waals surface area (Å²) in [6.45, 7) is 4.69. The lowest BCUT2D eigenvalue weighted by Crippen LogP contribution is -2.01. The van der Waals surface area contributed by atoms with Gasteiger partial charge in [-0.25, -0.2) is 0 Å². The van der Waals surface area contributed by atoms with Crippen LogP contribution in [0.5, 0.6) is 5.75 Å². The Kier molecular flexibility index (Phi) is 7.37. The van der Waals surface area contributed by atoms with Crippen molar-refractivity contribution in [2.45, 2.75) is 31.8 Å². The Balaban J connectivity index is 1.31. The van der Waals surface area contributed by atoms with Crippen LogP contribution in [0.2, 0.25) is 0 Å². The van der Waals surface area contributed by atoms with E-state index in [0.717, 1.165) is 45.7 Å². The smallest absolute Gasteiger partial charge is 0.226 e. The first-order valence-corrected chi connectivity index (χ1v) is 12.8. The molecule has 0 atom stereocenters. The molecule has 2 aromatic carbocycles.